The van der Waals surface area contributed by atoms with Gasteiger partial charge < -0.3 is 15.7 Å². The molecule has 0 aliphatic carbocycles. The van der Waals surface area contributed by atoms with Crippen LogP contribution in [0.3, 0.4) is 0 Å². The molecule has 0 bridgehead atoms. The number of nitrogens with zero attached hydrogens (tertiary/aromatic N) is 2. The minimum Gasteiger partial charge on any atom is -0.477 e. The van der Waals surface area contributed by atoms with E-state index in [0.29, 0.717) is 5.69 Å². The first-order valence-corrected chi connectivity index (χ1v) is 6.96. The molecule has 0 aliphatic rings. The van der Waals surface area contributed by atoms with Crippen molar-refractivity contribution in [2.45, 2.75) is 19.9 Å². The number of carbonyl (C=O) groups is 2. The summed E-state index contributed by atoms with van der Waals surface area (Å²) in [5.74, 6) is -1.11. The van der Waals surface area contributed by atoms with Gasteiger partial charge in [0.15, 0.2) is 0 Å². The Hall–Kier alpha value is -2.48. The summed E-state index contributed by atoms with van der Waals surface area (Å²) in [4.78, 5) is 31.5. The highest BCUT2D eigenvalue weighted by atomic mass is 32.1. The van der Waals surface area contributed by atoms with E-state index in [4.69, 9.17) is 5.11 Å². The third-order valence-corrected chi connectivity index (χ3v) is 3.69. The highest BCUT2D eigenvalue weighted by Gasteiger charge is 2.13. The molecule has 0 radical (unpaired) electrons. The molecule has 0 fully saturated rings. The Balaban J connectivity index is 1.93. The third kappa shape index (κ3) is 3.99. The number of nitrogens with one attached hydrogen (secondary N) is 2. The Kier molecular flexibility index (Phi) is 4.49. The van der Waals surface area contributed by atoms with E-state index in [1.165, 1.54) is 29.7 Å². The van der Waals surface area contributed by atoms with Crippen LogP contribution in [-0.4, -0.2) is 27.1 Å². The van der Waals surface area contributed by atoms with E-state index in [1.54, 1.807) is 6.20 Å². The minimum absolute atomic E-state index is 0.0763. The Labute approximate surface area is 125 Å². The maximum atomic E-state index is 11.8. The lowest BCUT2D eigenvalue weighted by molar-refractivity contribution is 0.0690. The predicted octanol–water partition coefficient (Wildman–Crippen LogP) is 2.43. The van der Waals surface area contributed by atoms with Crippen LogP contribution in [0.4, 0.5) is 10.5 Å². The lowest BCUT2D eigenvalue weighted by atomic mass is 10.3. The molecule has 8 heteroatoms. The Morgan fingerprint density at radius 3 is 2.57 bits per heavy atom. The predicted molar refractivity (Wildman–Crippen MR) is 78.6 cm³/mol. The fraction of sp³-hybridized carbons (Fsp3) is 0.231. The number of aryl methyl sites for hydroxylation is 1. The molecule has 0 saturated carbocycles. The quantitative estimate of drug-likeness (QED) is 0.804. The van der Waals surface area contributed by atoms with E-state index >= 15 is 0 Å². The average molecular weight is 306 g/mol. The van der Waals surface area contributed by atoms with Gasteiger partial charge in [-0.2, -0.15) is 0 Å². The van der Waals surface area contributed by atoms with Crippen LogP contribution in [-0.2, 0) is 0 Å². The summed E-state index contributed by atoms with van der Waals surface area (Å²) in [5.41, 5.74) is 0.340. The van der Waals surface area contributed by atoms with Crippen molar-refractivity contribution in [3.05, 3.63) is 40.1 Å². The highest BCUT2D eigenvalue weighted by molar-refractivity contribution is 7.11. The van der Waals surface area contributed by atoms with Gasteiger partial charge in [-0.3, -0.25) is 0 Å². The number of carboxylic acid groups (broad SMARTS) is 1. The SMILES string of the molecule is Cc1cnc(C(C)NC(=O)Nc2ccc(C(=O)O)nc2)s1. The number of hydrogen-bond donors (Lipinski definition) is 3. The molecule has 0 aromatic carbocycles. The number of carboxylic acids is 1. The lowest BCUT2D eigenvalue weighted by Crippen LogP contribution is -2.31. The number of carbonyl (C=O) groups excluding carboxylic acids is 1. The number of hydrogen-bond acceptors (Lipinski definition) is 5. The van der Waals surface area contributed by atoms with Crippen molar-refractivity contribution < 1.29 is 14.7 Å². The molecule has 2 aromatic heterocycles. The molecule has 1 atom stereocenters. The molecular weight excluding hydrogens is 292 g/mol. The second-order valence-corrected chi connectivity index (χ2v) is 5.63. The van der Waals surface area contributed by atoms with Gasteiger partial charge in [0, 0.05) is 11.1 Å². The Morgan fingerprint density at radius 1 is 1.29 bits per heavy atom. The van der Waals surface area contributed by atoms with Crippen LogP contribution < -0.4 is 10.6 Å². The molecule has 0 aliphatic heterocycles. The standard InChI is InChI=1S/C13H14N4O3S/c1-7-5-15-11(21-7)8(2)16-13(20)17-9-3-4-10(12(18)19)14-6-9/h3-6,8H,1-2H3,(H,18,19)(H2,16,17,20). The summed E-state index contributed by atoms with van der Waals surface area (Å²) in [6.07, 6.45) is 3.05. The van der Waals surface area contributed by atoms with Gasteiger partial charge in [0.2, 0.25) is 0 Å². The number of rotatable bonds is 4. The van der Waals surface area contributed by atoms with Crippen molar-refractivity contribution in [1.29, 1.82) is 0 Å². The number of amides is 2. The normalized spacial score (nSPS) is 11.7. The van der Waals surface area contributed by atoms with Crippen LogP contribution in [0.1, 0.15) is 33.3 Å². The van der Waals surface area contributed by atoms with Crippen LogP contribution in [0.15, 0.2) is 24.5 Å². The topological polar surface area (TPSA) is 104 Å². The summed E-state index contributed by atoms with van der Waals surface area (Å²) < 4.78 is 0. The Morgan fingerprint density at radius 2 is 2.05 bits per heavy atom. The zero-order chi connectivity index (χ0) is 15.4. The van der Waals surface area contributed by atoms with Crippen molar-refractivity contribution >= 4 is 29.0 Å². The number of anilines is 1. The first-order valence-electron chi connectivity index (χ1n) is 6.15. The molecule has 2 rings (SSSR count). The summed E-state index contributed by atoms with van der Waals surface area (Å²) in [6, 6.07) is 2.19. The van der Waals surface area contributed by atoms with Crippen LogP contribution in [0.2, 0.25) is 0 Å². The van der Waals surface area contributed by atoms with E-state index in [2.05, 4.69) is 20.6 Å². The van der Waals surface area contributed by atoms with Crippen LogP contribution in [0.5, 0.6) is 0 Å². The van der Waals surface area contributed by atoms with Crippen molar-refractivity contribution in [3.8, 4) is 0 Å². The van der Waals surface area contributed by atoms with Crippen molar-refractivity contribution in [3.63, 3.8) is 0 Å². The molecule has 0 spiro atoms. The molecule has 0 saturated heterocycles. The third-order valence-electron chi connectivity index (χ3n) is 2.60. The fourth-order valence-electron chi connectivity index (χ4n) is 1.59. The van der Waals surface area contributed by atoms with Crippen molar-refractivity contribution in [1.82, 2.24) is 15.3 Å². The summed E-state index contributed by atoms with van der Waals surface area (Å²) in [6.45, 7) is 3.78. The largest absolute Gasteiger partial charge is 0.477 e. The minimum atomic E-state index is -1.11. The fourth-order valence-corrected chi connectivity index (χ4v) is 2.37. The van der Waals surface area contributed by atoms with E-state index in [0.717, 1.165) is 9.88 Å². The van der Waals surface area contributed by atoms with Crippen LogP contribution in [0, 0.1) is 6.92 Å². The molecule has 1 unspecified atom stereocenters. The van der Waals surface area contributed by atoms with Gasteiger partial charge in [0.25, 0.3) is 0 Å². The first kappa shape index (κ1) is 14.9. The number of pyridine rings is 1. The van der Waals surface area contributed by atoms with Crippen LogP contribution >= 0.6 is 11.3 Å². The van der Waals surface area contributed by atoms with E-state index in [1.807, 2.05) is 13.8 Å². The van der Waals surface area contributed by atoms with Gasteiger partial charge >= 0.3 is 12.0 Å². The maximum Gasteiger partial charge on any atom is 0.354 e. The van der Waals surface area contributed by atoms with Gasteiger partial charge in [0.1, 0.15) is 10.7 Å². The first-order chi connectivity index (χ1) is 9.95. The van der Waals surface area contributed by atoms with E-state index in [-0.39, 0.29) is 11.7 Å². The Bertz CT molecular complexity index is 654. The van der Waals surface area contributed by atoms with Crippen molar-refractivity contribution in [2.75, 3.05) is 5.32 Å². The second kappa shape index (κ2) is 6.31. The average Bonchev–Trinajstić information content (AvgIpc) is 2.86. The zero-order valence-electron chi connectivity index (χ0n) is 11.5. The van der Waals surface area contributed by atoms with Crippen molar-refractivity contribution in [2.24, 2.45) is 0 Å². The number of urea groups is 1. The summed E-state index contributed by atoms with van der Waals surface area (Å²) in [7, 11) is 0. The number of aromatic carboxylic acids is 1. The summed E-state index contributed by atoms with van der Waals surface area (Å²) >= 11 is 1.52. The van der Waals surface area contributed by atoms with Gasteiger partial charge in [-0.05, 0) is 26.0 Å². The smallest absolute Gasteiger partial charge is 0.354 e. The molecule has 110 valence electrons. The van der Waals surface area contributed by atoms with Gasteiger partial charge in [0.05, 0.1) is 17.9 Å². The zero-order valence-corrected chi connectivity index (χ0v) is 12.3. The molecule has 2 heterocycles. The maximum absolute atomic E-state index is 11.8. The lowest BCUT2D eigenvalue weighted by Gasteiger charge is -2.12. The molecule has 2 aromatic rings. The van der Waals surface area contributed by atoms with Crippen LogP contribution in [0.25, 0.3) is 0 Å². The monoisotopic (exact) mass is 306 g/mol. The highest BCUT2D eigenvalue weighted by Crippen LogP contribution is 2.19. The molecular formula is C13H14N4O3S. The number of thiazole rings is 1. The molecule has 2 amide bonds. The van der Waals surface area contributed by atoms with E-state index in [9.17, 15) is 9.59 Å². The van der Waals surface area contributed by atoms with Gasteiger partial charge in [-0.15, -0.1) is 11.3 Å². The number of aromatic nitrogens is 2. The van der Waals surface area contributed by atoms with Gasteiger partial charge in [-0.25, -0.2) is 19.6 Å². The second-order valence-electron chi connectivity index (χ2n) is 4.37. The molecule has 3 N–H and O–H groups in total. The molecule has 7 nitrogen and oxygen atoms in total. The van der Waals surface area contributed by atoms with Gasteiger partial charge in [-0.1, -0.05) is 0 Å². The van der Waals surface area contributed by atoms with E-state index < -0.39 is 12.0 Å². The summed E-state index contributed by atoms with van der Waals surface area (Å²) in [5, 5.41) is 14.9. The molecule has 21 heavy (non-hydrogen) atoms.